The highest BCUT2D eigenvalue weighted by atomic mass is 32.1. The van der Waals surface area contributed by atoms with E-state index in [0.29, 0.717) is 11.3 Å². The number of thiazole rings is 1. The van der Waals surface area contributed by atoms with E-state index < -0.39 is 0 Å². The summed E-state index contributed by atoms with van der Waals surface area (Å²) < 4.78 is 11.4. The van der Waals surface area contributed by atoms with Crippen LogP contribution in [0, 0.1) is 6.92 Å². The minimum Gasteiger partial charge on any atom is -0.497 e. The van der Waals surface area contributed by atoms with Gasteiger partial charge < -0.3 is 20.1 Å². The number of hydrogen-bond acceptors (Lipinski definition) is 6. The number of nitrogens with one attached hydrogen (secondary N) is 2. The molecule has 0 radical (unpaired) electrons. The van der Waals surface area contributed by atoms with E-state index in [1.807, 2.05) is 45.9 Å². The fourth-order valence-corrected chi connectivity index (χ4v) is 4.08. The van der Waals surface area contributed by atoms with Gasteiger partial charge in [-0.2, -0.15) is 0 Å². The second-order valence-corrected chi connectivity index (χ2v) is 7.96. The third kappa shape index (κ3) is 3.77. The Morgan fingerprint density at radius 2 is 2.23 bits per heavy atom. The molecular weight excluding hydrogens is 350 g/mol. The van der Waals surface area contributed by atoms with Gasteiger partial charge >= 0.3 is 0 Å². The number of aromatic nitrogens is 1. The monoisotopic (exact) mass is 375 g/mol. The molecule has 1 aromatic carbocycles. The third-order valence-corrected chi connectivity index (χ3v) is 5.43. The van der Waals surface area contributed by atoms with E-state index in [0.717, 1.165) is 34.4 Å². The van der Waals surface area contributed by atoms with Crippen molar-refractivity contribution in [1.29, 1.82) is 0 Å². The first kappa shape index (κ1) is 18.5. The molecule has 0 spiro atoms. The highest BCUT2D eigenvalue weighted by Crippen LogP contribution is 2.41. The third-order valence-electron chi connectivity index (χ3n) is 4.31. The number of hydrogen-bond donors (Lipinski definition) is 2. The van der Waals surface area contributed by atoms with Gasteiger partial charge in [0.15, 0.2) is 5.13 Å². The zero-order valence-corrected chi connectivity index (χ0v) is 16.6. The van der Waals surface area contributed by atoms with Crippen molar-refractivity contribution < 1.29 is 14.3 Å². The van der Waals surface area contributed by atoms with Gasteiger partial charge in [0.25, 0.3) is 5.91 Å². The van der Waals surface area contributed by atoms with Gasteiger partial charge in [0.2, 0.25) is 0 Å². The lowest BCUT2D eigenvalue weighted by atomic mass is 9.89. The standard InChI is InChI=1S/C19H25N3O3S/c1-6-20-18-21-11(2)16(26-18)17(23)22-14-10-19(3,4)25-15-9-12(24-5)7-8-13(14)15/h7-9,14H,6,10H2,1-5H3,(H,20,21)(H,22,23)/t14-/m1/s1. The van der Waals surface area contributed by atoms with Crippen LogP contribution in [0.4, 0.5) is 5.13 Å². The first-order valence-corrected chi connectivity index (χ1v) is 9.53. The summed E-state index contributed by atoms with van der Waals surface area (Å²) in [6.07, 6.45) is 0.690. The number of benzene rings is 1. The van der Waals surface area contributed by atoms with Crippen LogP contribution in [-0.4, -0.2) is 30.1 Å². The highest BCUT2D eigenvalue weighted by Gasteiger charge is 2.35. The summed E-state index contributed by atoms with van der Waals surface area (Å²) in [4.78, 5) is 17.9. The second kappa shape index (κ2) is 7.15. The molecule has 0 bridgehead atoms. The molecule has 6 nitrogen and oxygen atoms in total. The average Bonchev–Trinajstić information content (AvgIpc) is 2.94. The molecule has 0 unspecified atom stereocenters. The van der Waals surface area contributed by atoms with Crippen LogP contribution in [0.25, 0.3) is 0 Å². The lowest BCUT2D eigenvalue weighted by molar-refractivity contribution is 0.0618. The minimum atomic E-state index is -0.380. The Morgan fingerprint density at radius 3 is 2.92 bits per heavy atom. The van der Waals surface area contributed by atoms with E-state index in [-0.39, 0.29) is 17.6 Å². The quantitative estimate of drug-likeness (QED) is 0.829. The maximum atomic E-state index is 12.9. The van der Waals surface area contributed by atoms with Gasteiger partial charge in [-0.25, -0.2) is 4.98 Å². The van der Waals surface area contributed by atoms with Crippen LogP contribution in [0.1, 0.15) is 54.2 Å². The molecule has 140 valence electrons. The summed E-state index contributed by atoms with van der Waals surface area (Å²) in [7, 11) is 1.63. The van der Waals surface area contributed by atoms with Crippen LogP contribution in [0.3, 0.4) is 0 Å². The number of amides is 1. The Balaban J connectivity index is 1.86. The number of fused-ring (bicyclic) bond motifs is 1. The number of carbonyl (C=O) groups excluding carboxylic acids is 1. The molecule has 2 N–H and O–H groups in total. The molecule has 1 amide bonds. The Labute approximate surface area is 157 Å². The van der Waals surface area contributed by atoms with Crippen LogP contribution >= 0.6 is 11.3 Å². The number of methoxy groups -OCH3 is 1. The number of aryl methyl sites for hydroxylation is 1. The molecule has 0 aliphatic carbocycles. The van der Waals surface area contributed by atoms with Gasteiger partial charge in [0.05, 0.1) is 18.8 Å². The molecule has 3 rings (SSSR count). The van der Waals surface area contributed by atoms with E-state index in [4.69, 9.17) is 9.47 Å². The van der Waals surface area contributed by atoms with Crippen LogP contribution in [0.2, 0.25) is 0 Å². The number of rotatable bonds is 5. The SMILES string of the molecule is CCNc1nc(C)c(C(=O)N[C@@H]2CC(C)(C)Oc3cc(OC)ccc32)s1. The zero-order valence-electron chi connectivity index (χ0n) is 15.8. The molecule has 0 fully saturated rings. The molecular formula is C19H25N3O3S. The summed E-state index contributed by atoms with van der Waals surface area (Å²) in [5.74, 6) is 1.38. The van der Waals surface area contributed by atoms with Crippen LogP contribution in [0.15, 0.2) is 18.2 Å². The Morgan fingerprint density at radius 1 is 1.46 bits per heavy atom. The number of carbonyl (C=O) groups is 1. The molecule has 2 aromatic rings. The van der Waals surface area contributed by atoms with Crippen LogP contribution < -0.4 is 20.1 Å². The Kier molecular flexibility index (Phi) is 5.09. The minimum absolute atomic E-state index is 0.103. The lowest BCUT2D eigenvalue weighted by Crippen LogP contribution is -2.41. The maximum Gasteiger partial charge on any atom is 0.263 e. The van der Waals surface area contributed by atoms with E-state index in [9.17, 15) is 4.79 Å². The topological polar surface area (TPSA) is 72.5 Å². The number of nitrogens with zero attached hydrogens (tertiary/aromatic N) is 1. The maximum absolute atomic E-state index is 12.9. The molecule has 1 aliphatic heterocycles. The summed E-state index contributed by atoms with van der Waals surface area (Å²) in [5, 5.41) is 7.10. The molecule has 0 saturated heterocycles. The van der Waals surface area contributed by atoms with Crippen molar-refractivity contribution in [3.8, 4) is 11.5 Å². The largest absolute Gasteiger partial charge is 0.497 e. The van der Waals surface area contributed by atoms with Crippen molar-refractivity contribution >= 4 is 22.4 Å². The Hall–Kier alpha value is -2.28. The van der Waals surface area contributed by atoms with E-state index >= 15 is 0 Å². The smallest absolute Gasteiger partial charge is 0.263 e. The summed E-state index contributed by atoms with van der Waals surface area (Å²) >= 11 is 1.38. The summed E-state index contributed by atoms with van der Waals surface area (Å²) in [6, 6.07) is 5.59. The van der Waals surface area contributed by atoms with Gasteiger partial charge in [-0.15, -0.1) is 0 Å². The first-order chi connectivity index (χ1) is 12.3. The molecule has 0 saturated carbocycles. The molecule has 1 atom stereocenters. The molecule has 7 heteroatoms. The highest BCUT2D eigenvalue weighted by molar-refractivity contribution is 7.17. The van der Waals surface area contributed by atoms with Crippen LogP contribution in [-0.2, 0) is 0 Å². The fourth-order valence-electron chi connectivity index (χ4n) is 3.15. The predicted octanol–water partition coefficient (Wildman–Crippen LogP) is 3.92. The van der Waals surface area contributed by atoms with E-state index in [1.165, 1.54) is 11.3 Å². The van der Waals surface area contributed by atoms with E-state index in [2.05, 4.69) is 15.6 Å². The zero-order chi connectivity index (χ0) is 18.9. The van der Waals surface area contributed by atoms with Gasteiger partial charge in [-0.05, 0) is 39.8 Å². The summed E-state index contributed by atoms with van der Waals surface area (Å²) in [5.41, 5.74) is 1.33. The van der Waals surface area contributed by atoms with Gasteiger partial charge in [-0.1, -0.05) is 11.3 Å². The molecule has 1 aliphatic rings. The van der Waals surface area contributed by atoms with Gasteiger partial charge in [0, 0.05) is 24.6 Å². The second-order valence-electron chi connectivity index (χ2n) is 6.96. The fraction of sp³-hybridized carbons (Fsp3) is 0.474. The van der Waals surface area contributed by atoms with Gasteiger partial charge in [0.1, 0.15) is 22.0 Å². The van der Waals surface area contributed by atoms with Crippen molar-refractivity contribution in [2.75, 3.05) is 19.0 Å². The molecule has 1 aromatic heterocycles. The summed E-state index contributed by atoms with van der Waals surface area (Å²) in [6.45, 7) is 8.69. The Bertz CT molecular complexity index is 816. The van der Waals surface area contributed by atoms with Crippen molar-refractivity contribution in [3.05, 3.63) is 34.3 Å². The van der Waals surface area contributed by atoms with Crippen molar-refractivity contribution in [2.24, 2.45) is 0 Å². The predicted molar refractivity (Wildman–Crippen MR) is 104 cm³/mol. The van der Waals surface area contributed by atoms with Gasteiger partial charge in [-0.3, -0.25) is 4.79 Å². The van der Waals surface area contributed by atoms with Crippen molar-refractivity contribution in [3.63, 3.8) is 0 Å². The van der Waals surface area contributed by atoms with Crippen molar-refractivity contribution in [2.45, 2.75) is 45.8 Å². The normalized spacial score (nSPS) is 17.8. The number of anilines is 1. The van der Waals surface area contributed by atoms with Crippen molar-refractivity contribution in [1.82, 2.24) is 10.3 Å². The van der Waals surface area contributed by atoms with Crippen LogP contribution in [0.5, 0.6) is 11.5 Å². The lowest BCUT2D eigenvalue weighted by Gasteiger charge is -2.38. The molecule has 2 heterocycles. The molecule has 26 heavy (non-hydrogen) atoms. The van der Waals surface area contributed by atoms with E-state index in [1.54, 1.807) is 7.11 Å². The average molecular weight is 375 g/mol. The number of ether oxygens (including phenoxy) is 2. The first-order valence-electron chi connectivity index (χ1n) is 8.72.